The molecule has 0 saturated carbocycles. The van der Waals surface area contributed by atoms with Gasteiger partial charge in [0.2, 0.25) is 0 Å². The molecule has 0 saturated heterocycles. The Bertz CT molecular complexity index is 410. The molecule has 4 heteroatoms. The second-order valence-electron chi connectivity index (χ2n) is 3.34. The van der Waals surface area contributed by atoms with Crippen molar-refractivity contribution in [2.45, 2.75) is 13.3 Å². The molecule has 0 aliphatic rings. The number of nitrogens with zero attached hydrogens (tertiary/aromatic N) is 2. The van der Waals surface area contributed by atoms with E-state index < -0.39 is 6.09 Å². The summed E-state index contributed by atoms with van der Waals surface area (Å²) in [6.07, 6.45) is 0.285. The third-order valence-electron chi connectivity index (χ3n) is 2.17. The topological polar surface area (TPSA) is 53.3 Å². The first kappa shape index (κ1) is 12.1. The van der Waals surface area contributed by atoms with Crippen molar-refractivity contribution in [2.75, 3.05) is 13.6 Å². The van der Waals surface area contributed by atoms with Crippen molar-refractivity contribution in [1.82, 2.24) is 4.90 Å². The molecule has 0 unspecified atom stereocenters. The van der Waals surface area contributed by atoms with Crippen molar-refractivity contribution in [3.63, 3.8) is 0 Å². The zero-order valence-corrected chi connectivity index (χ0v) is 9.43. The summed E-state index contributed by atoms with van der Waals surface area (Å²) in [5.41, 5.74) is 0.973. The number of carbonyl (C=O) groups excluding carboxylic acids is 1. The van der Waals surface area contributed by atoms with Gasteiger partial charge in [-0.3, -0.25) is 4.90 Å². The minimum atomic E-state index is -0.512. The van der Waals surface area contributed by atoms with E-state index in [4.69, 9.17) is 10.00 Å². The van der Waals surface area contributed by atoms with Crippen LogP contribution >= 0.6 is 0 Å². The maximum absolute atomic E-state index is 11.5. The van der Waals surface area contributed by atoms with Gasteiger partial charge in [-0.05, 0) is 18.1 Å². The van der Waals surface area contributed by atoms with Gasteiger partial charge in [-0.15, -0.1) is 0 Å². The van der Waals surface area contributed by atoms with Gasteiger partial charge in [0.05, 0.1) is 6.07 Å². The molecule has 0 aliphatic heterocycles. The van der Waals surface area contributed by atoms with E-state index >= 15 is 0 Å². The lowest BCUT2D eigenvalue weighted by atomic mass is 10.1. The number of amides is 1. The molecule has 0 atom stereocenters. The van der Waals surface area contributed by atoms with Crippen molar-refractivity contribution in [2.24, 2.45) is 0 Å². The summed E-state index contributed by atoms with van der Waals surface area (Å²) in [5.74, 6) is 0.555. The fraction of sp³-hybridized carbons (Fsp3) is 0.333. The fourth-order valence-corrected chi connectivity index (χ4v) is 1.24. The summed E-state index contributed by atoms with van der Waals surface area (Å²) in [4.78, 5) is 12.8. The summed E-state index contributed by atoms with van der Waals surface area (Å²) in [5, 5.41) is 8.45. The molecule has 1 rings (SSSR count). The third-order valence-corrected chi connectivity index (χ3v) is 2.17. The first-order valence-electron chi connectivity index (χ1n) is 5.06. The number of hydrogen-bond acceptors (Lipinski definition) is 3. The van der Waals surface area contributed by atoms with Gasteiger partial charge in [-0.1, -0.05) is 25.1 Å². The Hall–Kier alpha value is -2.02. The third kappa shape index (κ3) is 2.99. The number of hydrogen-bond donors (Lipinski definition) is 0. The van der Waals surface area contributed by atoms with Gasteiger partial charge in [-0.2, -0.15) is 5.26 Å². The Morgan fingerprint density at radius 2 is 2.19 bits per heavy atom. The van der Waals surface area contributed by atoms with E-state index in [0.29, 0.717) is 5.75 Å². The molecular weight excluding hydrogens is 204 g/mol. The Labute approximate surface area is 95.0 Å². The van der Waals surface area contributed by atoms with Gasteiger partial charge in [0.15, 0.2) is 0 Å². The van der Waals surface area contributed by atoms with E-state index in [1.165, 1.54) is 11.9 Å². The molecule has 0 heterocycles. The standard InChI is InChI=1S/C12H14N2O2/c1-3-10-6-4-5-7-11(10)16-12(15)14(2)9-8-13/h4-7H,3,9H2,1-2H3. The molecule has 84 valence electrons. The molecule has 0 spiro atoms. The van der Waals surface area contributed by atoms with E-state index in [1.807, 2.05) is 31.2 Å². The van der Waals surface area contributed by atoms with Crippen LogP contribution in [0.5, 0.6) is 5.75 Å². The van der Waals surface area contributed by atoms with E-state index in [1.54, 1.807) is 6.07 Å². The van der Waals surface area contributed by atoms with Crippen molar-refractivity contribution in [3.8, 4) is 11.8 Å². The van der Waals surface area contributed by atoms with Gasteiger partial charge in [0, 0.05) is 7.05 Å². The highest BCUT2D eigenvalue weighted by molar-refractivity contribution is 5.71. The molecule has 0 bridgehead atoms. The summed E-state index contributed by atoms with van der Waals surface area (Å²) in [7, 11) is 1.53. The van der Waals surface area contributed by atoms with Crippen LogP contribution in [0.2, 0.25) is 0 Å². The quantitative estimate of drug-likeness (QED) is 0.731. The van der Waals surface area contributed by atoms with Crippen LogP contribution < -0.4 is 4.74 Å². The van der Waals surface area contributed by atoms with Crippen LogP contribution in [0.4, 0.5) is 4.79 Å². The summed E-state index contributed by atoms with van der Waals surface area (Å²) >= 11 is 0. The molecule has 0 fully saturated rings. The largest absolute Gasteiger partial charge is 0.415 e. The predicted octanol–water partition coefficient (Wildman–Crippen LogP) is 2.20. The average molecular weight is 218 g/mol. The first-order chi connectivity index (χ1) is 7.69. The molecule has 16 heavy (non-hydrogen) atoms. The van der Waals surface area contributed by atoms with Crippen LogP contribution in [0.1, 0.15) is 12.5 Å². The Morgan fingerprint density at radius 3 is 2.81 bits per heavy atom. The van der Waals surface area contributed by atoms with Crippen LogP contribution in [0.15, 0.2) is 24.3 Å². The van der Waals surface area contributed by atoms with Gasteiger partial charge < -0.3 is 4.74 Å². The van der Waals surface area contributed by atoms with Crippen LogP contribution in [-0.2, 0) is 6.42 Å². The molecule has 4 nitrogen and oxygen atoms in total. The normalized spacial score (nSPS) is 9.31. The minimum absolute atomic E-state index is 0.0210. The Balaban J connectivity index is 2.73. The Morgan fingerprint density at radius 1 is 1.50 bits per heavy atom. The van der Waals surface area contributed by atoms with Crippen LogP contribution in [0.3, 0.4) is 0 Å². The van der Waals surface area contributed by atoms with E-state index in [-0.39, 0.29) is 6.54 Å². The lowest BCUT2D eigenvalue weighted by Gasteiger charge is -2.14. The summed E-state index contributed by atoms with van der Waals surface area (Å²) in [6.45, 7) is 2.01. The number of benzene rings is 1. The maximum Gasteiger partial charge on any atom is 0.415 e. The lowest BCUT2D eigenvalue weighted by molar-refractivity contribution is 0.167. The number of rotatable bonds is 3. The second kappa shape index (κ2) is 5.76. The van der Waals surface area contributed by atoms with Crippen LogP contribution in [-0.4, -0.2) is 24.6 Å². The molecule has 0 aromatic heterocycles. The predicted molar refractivity (Wildman–Crippen MR) is 60.1 cm³/mol. The minimum Gasteiger partial charge on any atom is -0.410 e. The molecular formula is C12H14N2O2. The van der Waals surface area contributed by atoms with Gasteiger partial charge in [0.25, 0.3) is 0 Å². The highest BCUT2D eigenvalue weighted by Crippen LogP contribution is 2.18. The molecule has 0 radical (unpaired) electrons. The zero-order valence-electron chi connectivity index (χ0n) is 9.43. The van der Waals surface area contributed by atoms with Crippen LogP contribution in [0.25, 0.3) is 0 Å². The van der Waals surface area contributed by atoms with Crippen LogP contribution in [0, 0.1) is 11.3 Å². The van der Waals surface area contributed by atoms with Crippen molar-refractivity contribution < 1.29 is 9.53 Å². The number of ether oxygens (including phenoxy) is 1. The Kier molecular flexibility index (Phi) is 4.34. The number of carbonyl (C=O) groups is 1. The molecule has 1 amide bonds. The van der Waals surface area contributed by atoms with Crippen molar-refractivity contribution in [3.05, 3.63) is 29.8 Å². The van der Waals surface area contributed by atoms with Gasteiger partial charge in [-0.25, -0.2) is 4.79 Å². The smallest absolute Gasteiger partial charge is 0.410 e. The fourth-order valence-electron chi connectivity index (χ4n) is 1.24. The highest BCUT2D eigenvalue weighted by atomic mass is 16.6. The number of nitriles is 1. The molecule has 1 aromatic rings. The van der Waals surface area contributed by atoms with Gasteiger partial charge >= 0.3 is 6.09 Å². The average Bonchev–Trinajstić information content (AvgIpc) is 2.30. The number of para-hydroxylation sites is 1. The summed E-state index contributed by atoms with van der Waals surface area (Å²) in [6, 6.07) is 9.25. The first-order valence-corrected chi connectivity index (χ1v) is 5.06. The summed E-state index contributed by atoms with van der Waals surface area (Å²) < 4.78 is 5.19. The lowest BCUT2D eigenvalue weighted by Crippen LogP contribution is -2.30. The molecule has 0 aliphatic carbocycles. The number of aryl methyl sites for hydroxylation is 1. The van der Waals surface area contributed by atoms with E-state index in [0.717, 1.165) is 12.0 Å². The molecule has 0 N–H and O–H groups in total. The van der Waals surface area contributed by atoms with Gasteiger partial charge in [0.1, 0.15) is 12.3 Å². The van der Waals surface area contributed by atoms with Crippen molar-refractivity contribution >= 4 is 6.09 Å². The molecule has 1 aromatic carbocycles. The highest BCUT2D eigenvalue weighted by Gasteiger charge is 2.12. The maximum atomic E-state index is 11.5. The zero-order chi connectivity index (χ0) is 12.0. The second-order valence-corrected chi connectivity index (χ2v) is 3.34. The monoisotopic (exact) mass is 218 g/mol. The van der Waals surface area contributed by atoms with E-state index in [9.17, 15) is 4.79 Å². The van der Waals surface area contributed by atoms with E-state index in [2.05, 4.69) is 0 Å². The SMILES string of the molecule is CCc1ccccc1OC(=O)N(C)CC#N. The van der Waals surface area contributed by atoms with Crippen molar-refractivity contribution in [1.29, 1.82) is 5.26 Å².